The van der Waals surface area contributed by atoms with Gasteiger partial charge < -0.3 is 5.11 Å². The van der Waals surface area contributed by atoms with Gasteiger partial charge in [0.25, 0.3) is 0 Å². The van der Waals surface area contributed by atoms with Gasteiger partial charge in [0.1, 0.15) is 0 Å². The van der Waals surface area contributed by atoms with E-state index in [1.165, 1.54) is 180 Å². The summed E-state index contributed by atoms with van der Waals surface area (Å²) >= 11 is 0. The smallest absolute Gasteiger partial charge is 0.330 e. The summed E-state index contributed by atoms with van der Waals surface area (Å²) in [5.74, 6) is -0.287. The first-order valence-electron chi connectivity index (χ1n) is 17.0. The number of carboxylic acids is 1. The van der Waals surface area contributed by atoms with Crippen LogP contribution in [0.2, 0.25) is 0 Å². The quantitative estimate of drug-likeness (QED) is 0.0728. The molecule has 0 amide bonds. The summed E-state index contributed by atoms with van der Waals surface area (Å²) < 4.78 is 0. The van der Waals surface area contributed by atoms with E-state index in [9.17, 15) is 9.90 Å². The highest BCUT2D eigenvalue weighted by molar-refractivity contribution is 5.85. The van der Waals surface area contributed by atoms with Crippen LogP contribution in [0.15, 0.2) is 12.2 Å². The molecule has 0 aliphatic carbocycles. The first-order valence-corrected chi connectivity index (χ1v) is 17.0. The number of aliphatic carboxylic acids is 1. The van der Waals surface area contributed by atoms with Crippen molar-refractivity contribution in [2.75, 3.05) is 0 Å². The lowest BCUT2D eigenvalue weighted by Gasteiger charge is -2.17. The molecule has 1 N–H and O–H groups in total. The molecule has 0 heterocycles. The zero-order valence-corrected chi connectivity index (χ0v) is 25.6. The summed E-state index contributed by atoms with van der Waals surface area (Å²) in [6, 6.07) is 0. The fraction of sp³-hybridized carbons (Fsp3) is 0.914. The molecular formula is C35H68O2. The fourth-order valence-corrected chi connectivity index (χ4v) is 5.69. The summed E-state index contributed by atoms with van der Waals surface area (Å²) in [6.45, 7) is 8.39. The number of carboxylic acid groups (broad SMARTS) is 1. The Bertz CT molecular complexity index is 484. The second-order valence-electron chi connectivity index (χ2n) is 12.0. The molecule has 2 heteroatoms. The normalized spacial score (nSPS) is 12.2. The molecule has 0 aliphatic heterocycles. The lowest BCUT2D eigenvalue weighted by molar-refractivity contribution is -0.132. The number of carbonyl (C=O) groups is 1. The van der Waals surface area contributed by atoms with Crippen LogP contribution >= 0.6 is 0 Å². The van der Waals surface area contributed by atoms with Gasteiger partial charge in [-0.15, -0.1) is 0 Å². The van der Waals surface area contributed by atoms with Crippen molar-refractivity contribution in [2.24, 2.45) is 5.92 Å². The van der Waals surface area contributed by atoms with Crippen LogP contribution in [0.25, 0.3) is 0 Å². The topological polar surface area (TPSA) is 37.3 Å². The predicted molar refractivity (Wildman–Crippen MR) is 166 cm³/mol. The molecule has 0 aromatic carbocycles. The maximum atomic E-state index is 11.3. The van der Waals surface area contributed by atoms with Crippen molar-refractivity contribution >= 4 is 5.97 Å². The first-order chi connectivity index (χ1) is 18.1. The van der Waals surface area contributed by atoms with Gasteiger partial charge >= 0.3 is 5.97 Å². The van der Waals surface area contributed by atoms with Gasteiger partial charge in [-0.3, -0.25) is 0 Å². The Labute approximate surface area is 233 Å². The number of unbranched alkanes of at least 4 members (excludes halogenated alkanes) is 24. The van der Waals surface area contributed by atoms with Gasteiger partial charge in [-0.2, -0.15) is 0 Å². The Morgan fingerprint density at radius 2 is 0.730 bits per heavy atom. The van der Waals surface area contributed by atoms with Crippen LogP contribution in [0.5, 0.6) is 0 Å². The van der Waals surface area contributed by atoms with Crippen LogP contribution in [-0.4, -0.2) is 11.1 Å². The molecule has 37 heavy (non-hydrogen) atoms. The molecule has 0 spiro atoms. The van der Waals surface area contributed by atoms with Crippen LogP contribution in [0.3, 0.4) is 0 Å². The Morgan fingerprint density at radius 3 is 0.973 bits per heavy atom. The van der Waals surface area contributed by atoms with E-state index in [1.54, 1.807) is 0 Å². The molecule has 0 radical (unpaired) electrons. The van der Waals surface area contributed by atoms with E-state index in [2.05, 4.69) is 20.4 Å². The highest BCUT2D eigenvalue weighted by Gasteiger charge is 2.14. The number of hydrogen-bond donors (Lipinski definition) is 1. The van der Waals surface area contributed by atoms with Crippen LogP contribution in [0.4, 0.5) is 0 Å². The van der Waals surface area contributed by atoms with Gasteiger partial charge in [-0.1, -0.05) is 200 Å². The van der Waals surface area contributed by atoms with Gasteiger partial charge in [0.2, 0.25) is 0 Å². The van der Waals surface area contributed by atoms with Crippen molar-refractivity contribution in [3.63, 3.8) is 0 Å². The molecule has 220 valence electrons. The first kappa shape index (κ1) is 36.2. The third kappa shape index (κ3) is 28.0. The van der Waals surface area contributed by atoms with Crippen LogP contribution in [0.1, 0.15) is 200 Å². The molecule has 2 nitrogen and oxygen atoms in total. The van der Waals surface area contributed by atoms with Crippen LogP contribution in [0, 0.1) is 5.92 Å². The maximum Gasteiger partial charge on any atom is 0.330 e. The van der Waals surface area contributed by atoms with Crippen LogP contribution in [-0.2, 0) is 4.79 Å². The Kier molecular flexibility index (Phi) is 29.1. The molecule has 0 rings (SSSR count). The average molecular weight is 521 g/mol. The Hall–Kier alpha value is -0.790. The zero-order valence-electron chi connectivity index (χ0n) is 25.6. The lowest BCUT2D eigenvalue weighted by atomic mass is 9.89. The molecular weight excluding hydrogens is 452 g/mol. The molecule has 0 saturated carbocycles. The average Bonchev–Trinajstić information content (AvgIpc) is 2.89. The molecule has 0 saturated heterocycles. The van der Waals surface area contributed by atoms with Crippen molar-refractivity contribution < 1.29 is 9.90 Å². The SMILES string of the molecule is C=C(CC(CCCCCCCCCCCCCC)CCCCCCCCCCCCCCCC)C(=O)O. The van der Waals surface area contributed by atoms with E-state index in [-0.39, 0.29) is 0 Å². The van der Waals surface area contributed by atoms with E-state index in [0.29, 0.717) is 17.9 Å². The lowest BCUT2D eigenvalue weighted by Crippen LogP contribution is -2.08. The summed E-state index contributed by atoms with van der Waals surface area (Å²) in [5.41, 5.74) is 0.411. The van der Waals surface area contributed by atoms with Crippen molar-refractivity contribution in [1.29, 1.82) is 0 Å². The van der Waals surface area contributed by atoms with Gasteiger partial charge in [0, 0.05) is 5.57 Å². The predicted octanol–water partition coefficient (Wildman–Crippen LogP) is 12.6. The van der Waals surface area contributed by atoms with Gasteiger partial charge in [-0.05, 0) is 12.3 Å². The van der Waals surface area contributed by atoms with E-state index in [0.717, 1.165) is 0 Å². The molecule has 0 aromatic heterocycles. The minimum Gasteiger partial charge on any atom is -0.478 e. The number of rotatable bonds is 31. The monoisotopic (exact) mass is 521 g/mol. The van der Waals surface area contributed by atoms with Crippen LogP contribution < -0.4 is 0 Å². The van der Waals surface area contributed by atoms with Gasteiger partial charge in [0.15, 0.2) is 0 Å². The van der Waals surface area contributed by atoms with E-state index in [1.807, 2.05) is 0 Å². The minimum absolute atomic E-state index is 0.411. The molecule has 1 atom stereocenters. The molecule has 1 unspecified atom stereocenters. The molecule has 0 aromatic rings. The van der Waals surface area contributed by atoms with Crippen molar-refractivity contribution in [2.45, 2.75) is 200 Å². The second-order valence-corrected chi connectivity index (χ2v) is 12.0. The molecule has 0 aliphatic rings. The third-order valence-corrected chi connectivity index (χ3v) is 8.27. The number of hydrogen-bond acceptors (Lipinski definition) is 1. The van der Waals surface area contributed by atoms with Crippen molar-refractivity contribution in [3.05, 3.63) is 12.2 Å². The van der Waals surface area contributed by atoms with Gasteiger partial charge in [0.05, 0.1) is 0 Å². The largest absolute Gasteiger partial charge is 0.478 e. The van der Waals surface area contributed by atoms with Crippen molar-refractivity contribution in [3.8, 4) is 0 Å². The molecule has 0 fully saturated rings. The summed E-state index contributed by atoms with van der Waals surface area (Å²) in [6.07, 6.45) is 39.0. The summed E-state index contributed by atoms with van der Waals surface area (Å²) in [5, 5.41) is 9.30. The zero-order chi connectivity index (χ0) is 27.2. The minimum atomic E-state index is -0.805. The highest BCUT2D eigenvalue weighted by Crippen LogP contribution is 2.25. The summed E-state index contributed by atoms with van der Waals surface area (Å²) in [4.78, 5) is 11.3. The molecule has 0 bridgehead atoms. The highest BCUT2D eigenvalue weighted by atomic mass is 16.4. The Morgan fingerprint density at radius 1 is 0.486 bits per heavy atom. The Balaban J connectivity index is 3.72. The van der Waals surface area contributed by atoms with E-state index >= 15 is 0 Å². The van der Waals surface area contributed by atoms with E-state index in [4.69, 9.17) is 0 Å². The van der Waals surface area contributed by atoms with Gasteiger partial charge in [-0.25, -0.2) is 4.79 Å². The standard InChI is InChI=1S/C35H68O2/c1-4-6-8-10-12-14-16-18-19-21-23-25-27-29-31-34(32-33(3)35(36)37)30-28-26-24-22-20-17-15-13-11-9-7-5-2/h34H,3-32H2,1-2H3,(H,36,37). The summed E-state index contributed by atoms with van der Waals surface area (Å²) in [7, 11) is 0. The second kappa shape index (κ2) is 29.8. The third-order valence-electron chi connectivity index (χ3n) is 8.27. The fourth-order valence-electron chi connectivity index (χ4n) is 5.69. The maximum absolute atomic E-state index is 11.3. The van der Waals surface area contributed by atoms with Crippen molar-refractivity contribution in [1.82, 2.24) is 0 Å². The van der Waals surface area contributed by atoms with E-state index < -0.39 is 5.97 Å².